The summed E-state index contributed by atoms with van der Waals surface area (Å²) < 4.78 is 24.6. The Morgan fingerprint density at radius 2 is 1.94 bits per heavy atom. The molecule has 3 rings (SSSR count). The SMILES string of the molecule is CCNC(=NCC1(N(C)C)CCOCC1)N1CCN(Cc2ccc(OC)c(F)c2)CC1. The number of nitrogens with one attached hydrogen (secondary N) is 1. The number of benzene rings is 1. The average Bonchev–Trinajstić information content (AvgIpc) is 2.78. The minimum absolute atomic E-state index is 0.0686. The lowest BCUT2D eigenvalue weighted by molar-refractivity contribution is -0.00268. The molecule has 0 unspecified atom stereocenters. The Balaban J connectivity index is 1.58. The van der Waals surface area contributed by atoms with Gasteiger partial charge in [0.05, 0.1) is 13.7 Å². The van der Waals surface area contributed by atoms with Crippen LogP contribution in [0.4, 0.5) is 4.39 Å². The molecular formula is C23H38FN5O2. The second-order valence-electron chi connectivity index (χ2n) is 8.63. The molecule has 0 spiro atoms. The second-order valence-corrected chi connectivity index (χ2v) is 8.63. The molecule has 0 radical (unpaired) electrons. The fourth-order valence-corrected chi connectivity index (χ4v) is 4.33. The molecule has 2 saturated heterocycles. The van der Waals surface area contributed by atoms with Gasteiger partial charge in [0.1, 0.15) is 0 Å². The van der Waals surface area contributed by atoms with Crippen molar-refractivity contribution >= 4 is 5.96 Å². The maximum atomic E-state index is 14.0. The number of hydrogen-bond donors (Lipinski definition) is 1. The van der Waals surface area contributed by atoms with Crippen LogP contribution in [0.1, 0.15) is 25.3 Å². The van der Waals surface area contributed by atoms with Gasteiger partial charge in [0, 0.05) is 58.0 Å². The standard InChI is InChI=1S/C23H38FN5O2/c1-5-25-22(26-18-23(27(2)3)8-14-31-15-9-23)29-12-10-28(11-13-29)17-19-6-7-21(30-4)20(24)16-19/h6-7,16H,5,8-15,17-18H2,1-4H3,(H,25,26). The lowest BCUT2D eigenvalue weighted by Gasteiger charge is -2.42. The van der Waals surface area contributed by atoms with Crippen molar-refractivity contribution in [3.05, 3.63) is 29.6 Å². The third-order valence-corrected chi connectivity index (χ3v) is 6.52. The van der Waals surface area contributed by atoms with Crippen LogP contribution >= 0.6 is 0 Å². The summed E-state index contributed by atoms with van der Waals surface area (Å²) in [6.07, 6.45) is 2.02. The third kappa shape index (κ3) is 6.08. The molecule has 0 amide bonds. The highest BCUT2D eigenvalue weighted by molar-refractivity contribution is 5.80. The zero-order valence-corrected chi connectivity index (χ0v) is 19.5. The van der Waals surface area contributed by atoms with Crippen LogP contribution in [-0.4, -0.2) is 99.9 Å². The van der Waals surface area contributed by atoms with Crippen molar-refractivity contribution in [3.63, 3.8) is 0 Å². The van der Waals surface area contributed by atoms with Crippen molar-refractivity contribution < 1.29 is 13.9 Å². The van der Waals surface area contributed by atoms with Gasteiger partial charge in [-0.25, -0.2) is 4.39 Å². The first kappa shape index (κ1) is 23.8. The maximum Gasteiger partial charge on any atom is 0.194 e. The Labute approximate surface area is 186 Å². The summed E-state index contributed by atoms with van der Waals surface area (Å²) in [6.45, 7) is 9.73. The van der Waals surface area contributed by atoms with E-state index in [9.17, 15) is 4.39 Å². The Bertz CT molecular complexity index is 729. The van der Waals surface area contributed by atoms with Gasteiger partial charge in [-0.15, -0.1) is 0 Å². The largest absolute Gasteiger partial charge is 0.494 e. The quantitative estimate of drug-likeness (QED) is 0.523. The minimum Gasteiger partial charge on any atom is -0.494 e. The van der Waals surface area contributed by atoms with Gasteiger partial charge in [-0.1, -0.05) is 6.07 Å². The molecule has 2 heterocycles. The van der Waals surface area contributed by atoms with Gasteiger partial charge in [-0.3, -0.25) is 9.89 Å². The molecule has 1 aromatic carbocycles. The number of aliphatic imine (C=N–C) groups is 1. The van der Waals surface area contributed by atoms with Crippen molar-refractivity contribution in [1.29, 1.82) is 0 Å². The fraction of sp³-hybridized carbons (Fsp3) is 0.696. The Morgan fingerprint density at radius 3 is 2.52 bits per heavy atom. The summed E-state index contributed by atoms with van der Waals surface area (Å²) in [4.78, 5) is 12.1. The van der Waals surface area contributed by atoms with E-state index >= 15 is 0 Å². The minimum atomic E-state index is -0.303. The second kappa shape index (κ2) is 11.1. The van der Waals surface area contributed by atoms with Crippen LogP contribution in [0.15, 0.2) is 23.2 Å². The monoisotopic (exact) mass is 435 g/mol. The van der Waals surface area contributed by atoms with E-state index < -0.39 is 0 Å². The van der Waals surface area contributed by atoms with Crippen LogP contribution in [0, 0.1) is 5.82 Å². The van der Waals surface area contributed by atoms with Gasteiger partial charge >= 0.3 is 0 Å². The summed E-state index contributed by atoms with van der Waals surface area (Å²) in [6, 6.07) is 5.22. The molecule has 174 valence electrons. The molecule has 0 atom stereocenters. The predicted octanol–water partition coefficient (Wildman–Crippen LogP) is 2.03. The average molecular weight is 436 g/mol. The van der Waals surface area contributed by atoms with Crippen LogP contribution in [0.25, 0.3) is 0 Å². The smallest absolute Gasteiger partial charge is 0.194 e. The number of guanidine groups is 1. The topological polar surface area (TPSA) is 52.6 Å². The van der Waals surface area contributed by atoms with E-state index in [0.717, 1.165) is 83.4 Å². The highest BCUT2D eigenvalue weighted by Crippen LogP contribution is 2.26. The van der Waals surface area contributed by atoms with Gasteiger partial charge in [0.25, 0.3) is 0 Å². The number of likely N-dealkylation sites (N-methyl/N-ethyl adjacent to an activating group) is 1. The number of ether oxygens (including phenoxy) is 2. The van der Waals surface area contributed by atoms with Crippen molar-refractivity contribution in [3.8, 4) is 5.75 Å². The summed E-state index contributed by atoms with van der Waals surface area (Å²) >= 11 is 0. The number of nitrogens with zero attached hydrogens (tertiary/aromatic N) is 4. The normalized spacial score (nSPS) is 20.2. The molecule has 0 bridgehead atoms. The molecule has 1 N–H and O–H groups in total. The van der Waals surface area contributed by atoms with Crippen LogP contribution in [-0.2, 0) is 11.3 Å². The zero-order valence-electron chi connectivity index (χ0n) is 19.5. The van der Waals surface area contributed by atoms with Crippen molar-refractivity contribution in [2.45, 2.75) is 31.8 Å². The summed E-state index contributed by atoms with van der Waals surface area (Å²) in [5, 5.41) is 3.48. The molecule has 0 aromatic heterocycles. The Morgan fingerprint density at radius 1 is 1.23 bits per heavy atom. The van der Waals surface area contributed by atoms with E-state index in [1.807, 2.05) is 6.07 Å². The first-order valence-electron chi connectivity index (χ1n) is 11.3. The molecule has 2 aliphatic rings. The predicted molar refractivity (Wildman–Crippen MR) is 122 cm³/mol. The lowest BCUT2D eigenvalue weighted by Crippen LogP contribution is -2.54. The van der Waals surface area contributed by atoms with E-state index in [0.29, 0.717) is 5.75 Å². The van der Waals surface area contributed by atoms with E-state index in [1.165, 1.54) is 7.11 Å². The summed E-state index contributed by atoms with van der Waals surface area (Å²) in [5.41, 5.74) is 1.04. The number of piperazine rings is 1. The molecule has 0 saturated carbocycles. The molecule has 2 aliphatic heterocycles. The van der Waals surface area contributed by atoms with E-state index in [1.54, 1.807) is 12.1 Å². The van der Waals surface area contributed by atoms with Gasteiger partial charge in [0.15, 0.2) is 17.5 Å². The first-order valence-corrected chi connectivity index (χ1v) is 11.3. The summed E-state index contributed by atoms with van der Waals surface area (Å²) in [5.74, 6) is 0.980. The van der Waals surface area contributed by atoms with E-state index in [-0.39, 0.29) is 11.4 Å². The summed E-state index contributed by atoms with van der Waals surface area (Å²) in [7, 11) is 5.78. The Hall–Kier alpha value is -1.90. The highest BCUT2D eigenvalue weighted by Gasteiger charge is 2.35. The number of hydrogen-bond acceptors (Lipinski definition) is 5. The molecular weight excluding hydrogens is 397 g/mol. The molecule has 0 aliphatic carbocycles. The molecule has 8 heteroatoms. The molecule has 7 nitrogen and oxygen atoms in total. The highest BCUT2D eigenvalue weighted by atomic mass is 19.1. The van der Waals surface area contributed by atoms with Gasteiger partial charge in [0.2, 0.25) is 0 Å². The van der Waals surface area contributed by atoms with Crippen molar-refractivity contribution in [1.82, 2.24) is 20.0 Å². The third-order valence-electron chi connectivity index (χ3n) is 6.52. The van der Waals surface area contributed by atoms with Crippen molar-refractivity contribution in [2.75, 3.05) is 73.7 Å². The van der Waals surface area contributed by atoms with Gasteiger partial charge in [-0.05, 0) is 51.6 Å². The van der Waals surface area contributed by atoms with Crippen LogP contribution in [0.2, 0.25) is 0 Å². The first-order chi connectivity index (χ1) is 15.0. The molecule has 31 heavy (non-hydrogen) atoms. The number of methoxy groups -OCH3 is 1. The van der Waals surface area contributed by atoms with Crippen LogP contribution in [0.5, 0.6) is 5.75 Å². The zero-order chi connectivity index (χ0) is 22.3. The number of halogens is 1. The van der Waals surface area contributed by atoms with E-state index in [4.69, 9.17) is 14.5 Å². The van der Waals surface area contributed by atoms with Gasteiger partial charge < -0.3 is 24.6 Å². The molecule has 2 fully saturated rings. The maximum absolute atomic E-state index is 14.0. The number of rotatable bonds is 7. The van der Waals surface area contributed by atoms with Crippen LogP contribution in [0.3, 0.4) is 0 Å². The van der Waals surface area contributed by atoms with Crippen molar-refractivity contribution in [2.24, 2.45) is 4.99 Å². The lowest BCUT2D eigenvalue weighted by atomic mass is 9.89. The molecule has 1 aromatic rings. The fourth-order valence-electron chi connectivity index (χ4n) is 4.33. The Kier molecular flexibility index (Phi) is 8.51. The van der Waals surface area contributed by atoms with Gasteiger partial charge in [-0.2, -0.15) is 0 Å². The van der Waals surface area contributed by atoms with E-state index in [2.05, 4.69) is 41.0 Å². The van der Waals surface area contributed by atoms with Crippen LogP contribution < -0.4 is 10.1 Å².